The van der Waals surface area contributed by atoms with Crippen LogP contribution in [0.25, 0.3) is 11.0 Å². The van der Waals surface area contributed by atoms with Crippen molar-refractivity contribution in [2.45, 2.75) is 38.6 Å². The van der Waals surface area contributed by atoms with Crippen LogP contribution < -0.4 is 10.9 Å². The number of morpholine rings is 1. The predicted molar refractivity (Wildman–Crippen MR) is 102 cm³/mol. The molecule has 7 nitrogen and oxygen atoms in total. The maximum atomic E-state index is 12.6. The average Bonchev–Trinajstić information content (AvgIpc) is 3.17. The maximum Gasteiger partial charge on any atom is 0.252 e. The molecule has 0 aromatic carbocycles. The van der Waals surface area contributed by atoms with Crippen LogP contribution in [-0.2, 0) is 4.74 Å². The van der Waals surface area contributed by atoms with Crippen LogP contribution in [0.3, 0.4) is 0 Å². The van der Waals surface area contributed by atoms with Crippen molar-refractivity contribution in [2.24, 2.45) is 0 Å². The second-order valence-corrected chi connectivity index (χ2v) is 7.29. The van der Waals surface area contributed by atoms with E-state index in [4.69, 9.17) is 9.72 Å². The van der Waals surface area contributed by atoms with Gasteiger partial charge in [-0.15, -0.1) is 0 Å². The number of nitrogens with one attached hydrogen (secondary N) is 1. The topological polar surface area (TPSA) is 72.3 Å². The molecule has 0 amide bonds. The summed E-state index contributed by atoms with van der Waals surface area (Å²) in [6.45, 7) is 7.23. The first-order chi connectivity index (χ1) is 12.7. The van der Waals surface area contributed by atoms with Crippen LogP contribution >= 0.6 is 0 Å². The van der Waals surface area contributed by atoms with Gasteiger partial charge in [0.15, 0.2) is 0 Å². The Bertz CT molecular complexity index is 823. The minimum atomic E-state index is 0.0554. The third-order valence-electron chi connectivity index (χ3n) is 5.50. The van der Waals surface area contributed by atoms with E-state index in [1.54, 1.807) is 6.07 Å². The lowest BCUT2D eigenvalue weighted by Gasteiger charge is -2.26. The molecule has 1 saturated carbocycles. The first-order valence-electron chi connectivity index (χ1n) is 9.65. The van der Waals surface area contributed by atoms with Crippen LogP contribution in [0, 0.1) is 6.92 Å². The van der Waals surface area contributed by atoms with Gasteiger partial charge in [0.25, 0.3) is 5.56 Å². The number of nitrogens with zero attached hydrogens (tertiary/aromatic N) is 4. The van der Waals surface area contributed by atoms with Crippen LogP contribution in [0.4, 0.5) is 5.95 Å². The van der Waals surface area contributed by atoms with E-state index < -0.39 is 0 Å². The second-order valence-electron chi connectivity index (χ2n) is 7.29. The molecule has 1 aliphatic heterocycles. The minimum absolute atomic E-state index is 0.0554. The number of fused-ring (bicyclic) bond motifs is 1. The van der Waals surface area contributed by atoms with Gasteiger partial charge >= 0.3 is 0 Å². The number of hydrogen-bond acceptors (Lipinski definition) is 6. The van der Waals surface area contributed by atoms with Crippen molar-refractivity contribution in [3.05, 3.63) is 28.2 Å². The second kappa shape index (κ2) is 7.72. The zero-order valence-corrected chi connectivity index (χ0v) is 15.4. The summed E-state index contributed by atoms with van der Waals surface area (Å²) in [5.41, 5.74) is 1.77. The molecule has 2 aromatic heterocycles. The first kappa shape index (κ1) is 17.4. The number of aryl methyl sites for hydroxylation is 1. The summed E-state index contributed by atoms with van der Waals surface area (Å²) in [7, 11) is 0. The van der Waals surface area contributed by atoms with Crippen molar-refractivity contribution in [3.8, 4) is 0 Å². The largest absolute Gasteiger partial charge is 0.379 e. The zero-order valence-electron chi connectivity index (χ0n) is 15.4. The molecule has 1 aliphatic carbocycles. The minimum Gasteiger partial charge on any atom is -0.379 e. The Kier molecular flexibility index (Phi) is 5.17. The number of aromatic nitrogens is 3. The summed E-state index contributed by atoms with van der Waals surface area (Å²) in [5, 5.41) is 4.29. The monoisotopic (exact) mass is 357 g/mol. The third-order valence-corrected chi connectivity index (χ3v) is 5.50. The van der Waals surface area contributed by atoms with Gasteiger partial charge in [0.2, 0.25) is 5.95 Å². The molecule has 1 N–H and O–H groups in total. The Balaban J connectivity index is 1.56. The molecule has 2 aliphatic rings. The molecule has 26 heavy (non-hydrogen) atoms. The SMILES string of the molecule is Cc1cc(=O)n(C2CCCC2)c2nc(NCCN3CCOCC3)ncc12. The van der Waals surface area contributed by atoms with Crippen LogP contribution in [0.5, 0.6) is 0 Å². The summed E-state index contributed by atoms with van der Waals surface area (Å²) in [4.78, 5) is 24.2. The normalized spacial score (nSPS) is 19.3. The molecule has 140 valence electrons. The Morgan fingerprint density at radius 1 is 1.27 bits per heavy atom. The van der Waals surface area contributed by atoms with Crippen molar-refractivity contribution in [2.75, 3.05) is 44.7 Å². The van der Waals surface area contributed by atoms with E-state index in [0.717, 1.165) is 68.8 Å². The van der Waals surface area contributed by atoms with Gasteiger partial charge in [0.1, 0.15) is 5.65 Å². The van der Waals surface area contributed by atoms with Gasteiger partial charge in [-0.25, -0.2) is 4.98 Å². The highest BCUT2D eigenvalue weighted by atomic mass is 16.5. The summed E-state index contributed by atoms with van der Waals surface area (Å²) >= 11 is 0. The van der Waals surface area contributed by atoms with E-state index in [2.05, 4.69) is 15.2 Å². The molecule has 4 rings (SSSR count). The molecule has 3 heterocycles. The van der Waals surface area contributed by atoms with Crippen molar-refractivity contribution in [1.82, 2.24) is 19.4 Å². The maximum absolute atomic E-state index is 12.6. The Morgan fingerprint density at radius 3 is 2.81 bits per heavy atom. The van der Waals surface area contributed by atoms with E-state index in [1.807, 2.05) is 17.7 Å². The Labute approximate surface area is 153 Å². The smallest absolute Gasteiger partial charge is 0.252 e. The fourth-order valence-electron chi connectivity index (χ4n) is 4.02. The highest BCUT2D eigenvalue weighted by Crippen LogP contribution is 2.30. The van der Waals surface area contributed by atoms with Crippen molar-refractivity contribution in [1.29, 1.82) is 0 Å². The molecular formula is C19H27N5O2. The molecule has 2 fully saturated rings. The zero-order chi connectivity index (χ0) is 17.9. The van der Waals surface area contributed by atoms with E-state index in [1.165, 1.54) is 12.8 Å². The fraction of sp³-hybridized carbons (Fsp3) is 0.632. The lowest BCUT2D eigenvalue weighted by molar-refractivity contribution is 0.0398. The quantitative estimate of drug-likeness (QED) is 0.882. The van der Waals surface area contributed by atoms with E-state index >= 15 is 0 Å². The first-order valence-corrected chi connectivity index (χ1v) is 9.65. The van der Waals surface area contributed by atoms with E-state index in [0.29, 0.717) is 5.95 Å². The number of rotatable bonds is 5. The van der Waals surface area contributed by atoms with Crippen LogP contribution in [0.2, 0.25) is 0 Å². The Hall–Kier alpha value is -1.99. The summed E-state index contributed by atoms with van der Waals surface area (Å²) in [6, 6.07) is 1.98. The van der Waals surface area contributed by atoms with Gasteiger partial charge in [0, 0.05) is 49.9 Å². The molecule has 0 spiro atoms. The Morgan fingerprint density at radius 2 is 2.04 bits per heavy atom. The highest BCUT2D eigenvalue weighted by molar-refractivity contribution is 5.79. The molecule has 0 unspecified atom stereocenters. The van der Waals surface area contributed by atoms with Crippen LogP contribution in [0.1, 0.15) is 37.3 Å². The van der Waals surface area contributed by atoms with Crippen molar-refractivity contribution < 1.29 is 4.74 Å². The lowest BCUT2D eigenvalue weighted by atomic mass is 10.1. The molecule has 7 heteroatoms. The van der Waals surface area contributed by atoms with Crippen molar-refractivity contribution in [3.63, 3.8) is 0 Å². The van der Waals surface area contributed by atoms with Gasteiger partial charge in [0.05, 0.1) is 13.2 Å². The molecule has 0 bridgehead atoms. The lowest BCUT2D eigenvalue weighted by Crippen LogP contribution is -2.39. The average molecular weight is 357 g/mol. The molecule has 1 saturated heterocycles. The standard InChI is InChI=1S/C19H27N5O2/c1-14-12-17(25)24(15-4-2-3-5-15)18-16(14)13-21-19(22-18)20-6-7-23-8-10-26-11-9-23/h12-13,15H,2-11H2,1H3,(H,20,21,22). The summed E-state index contributed by atoms with van der Waals surface area (Å²) in [6.07, 6.45) is 6.33. The highest BCUT2D eigenvalue weighted by Gasteiger charge is 2.21. The predicted octanol–water partition coefficient (Wildman–Crippen LogP) is 1.96. The van der Waals surface area contributed by atoms with Crippen molar-refractivity contribution >= 4 is 17.0 Å². The van der Waals surface area contributed by atoms with E-state index in [-0.39, 0.29) is 11.6 Å². The van der Waals surface area contributed by atoms with Gasteiger partial charge in [-0.05, 0) is 25.3 Å². The van der Waals surface area contributed by atoms with E-state index in [9.17, 15) is 4.79 Å². The number of anilines is 1. The number of hydrogen-bond donors (Lipinski definition) is 1. The van der Waals surface area contributed by atoms with Gasteiger partial charge < -0.3 is 10.1 Å². The van der Waals surface area contributed by atoms with Gasteiger partial charge in [-0.2, -0.15) is 4.98 Å². The van der Waals surface area contributed by atoms with Crippen LogP contribution in [0.15, 0.2) is 17.1 Å². The van der Waals surface area contributed by atoms with Crippen LogP contribution in [-0.4, -0.2) is 58.8 Å². The van der Waals surface area contributed by atoms with Gasteiger partial charge in [-0.1, -0.05) is 12.8 Å². The fourth-order valence-corrected chi connectivity index (χ4v) is 4.02. The summed E-state index contributed by atoms with van der Waals surface area (Å²) < 4.78 is 7.27. The molecule has 0 radical (unpaired) electrons. The molecule has 0 atom stereocenters. The molecule has 2 aromatic rings. The number of ether oxygens (including phenoxy) is 1. The van der Waals surface area contributed by atoms with Gasteiger partial charge in [-0.3, -0.25) is 14.3 Å². The molecular weight excluding hydrogens is 330 g/mol. The number of pyridine rings is 1. The summed E-state index contributed by atoms with van der Waals surface area (Å²) in [5.74, 6) is 0.600. The third kappa shape index (κ3) is 3.59.